The van der Waals surface area contributed by atoms with Crippen LogP contribution in [0.5, 0.6) is 0 Å². The van der Waals surface area contributed by atoms with Gasteiger partial charge in [0.15, 0.2) is 0 Å². The first-order chi connectivity index (χ1) is 2.89. The Bertz CT molecular complexity index is 39.3. The summed E-state index contributed by atoms with van der Waals surface area (Å²) in [6.07, 6.45) is 1.23. The third kappa shape index (κ3) is 0.680. The van der Waals surface area contributed by atoms with Crippen LogP contribution in [-0.4, -0.2) is 12.7 Å². The van der Waals surface area contributed by atoms with Crippen LogP contribution >= 0.6 is 0 Å². The Hall–Kier alpha value is -0.120. The van der Waals surface area contributed by atoms with Crippen LogP contribution in [0, 0.1) is 0 Å². The van der Waals surface area contributed by atoms with Gasteiger partial charge in [-0.1, -0.05) is 0 Å². The third-order valence-corrected chi connectivity index (χ3v) is 0.868. The first-order valence-electron chi connectivity index (χ1n) is 2.13. The number of rotatable bonds is 0. The first-order valence-corrected chi connectivity index (χ1v) is 2.13. The minimum absolute atomic E-state index is 0.185. The lowest BCUT2D eigenvalue weighted by Gasteiger charge is -1.95. The van der Waals surface area contributed by atoms with E-state index in [0.29, 0.717) is 0 Å². The van der Waals surface area contributed by atoms with E-state index in [1.165, 1.54) is 0 Å². The van der Waals surface area contributed by atoms with Gasteiger partial charge in [0.1, 0.15) is 0 Å². The largest absolute Gasteiger partial charge is 0.315 e. The highest BCUT2D eigenvalue weighted by Gasteiger charge is 2.04. The van der Waals surface area contributed by atoms with Crippen molar-refractivity contribution in [1.82, 2.24) is 10.9 Å². The van der Waals surface area contributed by atoms with Gasteiger partial charge in [-0.25, -0.2) is 5.43 Å². The fourth-order valence-corrected chi connectivity index (χ4v) is 0.503. The average molecular weight is 87.1 g/mol. The predicted molar refractivity (Wildman–Crippen MR) is 23.7 cm³/mol. The van der Waals surface area contributed by atoms with Crippen molar-refractivity contribution < 1.29 is 0 Å². The van der Waals surface area contributed by atoms with E-state index >= 15 is 0 Å². The van der Waals surface area contributed by atoms with E-state index in [2.05, 4.69) is 10.9 Å². The zero-order valence-electron chi connectivity index (χ0n) is 3.57. The zero-order chi connectivity index (χ0) is 4.41. The molecule has 1 rings (SSSR count). The summed E-state index contributed by atoms with van der Waals surface area (Å²) < 4.78 is 0. The molecule has 0 spiro atoms. The van der Waals surface area contributed by atoms with Gasteiger partial charge in [0.25, 0.3) is 0 Å². The van der Waals surface area contributed by atoms with E-state index in [4.69, 9.17) is 5.73 Å². The first kappa shape index (κ1) is 4.05. The number of hydrogen-bond acceptors (Lipinski definition) is 3. The van der Waals surface area contributed by atoms with Crippen LogP contribution in [0.15, 0.2) is 0 Å². The summed E-state index contributed by atoms with van der Waals surface area (Å²) in [5, 5.41) is 0. The summed E-state index contributed by atoms with van der Waals surface area (Å²) >= 11 is 0. The standard InChI is InChI=1S/C3H9N3/c4-3-1-2-5-6-3/h3,5-6H,1-2,4H2/t3-/m0/s1. The molecule has 0 bridgehead atoms. The molecule has 4 N–H and O–H groups in total. The number of nitrogens with one attached hydrogen (secondary N) is 2. The van der Waals surface area contributed by atoms with Crippen LogP contribution in [-0.2, 0) is 0 Å². The van der Waals surface area contributed by atoms with Gasteiger partial charge < -0.3 is 5.73 Å². The van der Waals surface area contributed by atoms with E-state index in [1.54, 1.807) is 0 Å². The molecule has 1 atom stereocenters. The molecule has 0 saturated carbocycles. The van der Waals surface area contributed by atoms with Crippen molar-refractivity contribution in [3.05, 3.63) is 0 Å². The van der Waals surface area contributed by atoms with Crippen molar-refractivity contribution in [2.45, 2.75) is 12.6 Å². The average Bonchev–Trinajstić information content (AvgIpc) is 1.86. The summed E-state index contributed by atoms with van der Waals surface area (Å²) in [5.74, 6) is 0. The van der Waals surface area contributed by atoms with E-state index in [0.717, 1.165) is 13.0 Å². The van der Waals surface area contributed by atoms with Crippen LogP contribution in [0.4, 0.5) is 0 Å². The molecule has 0 amide bonds. The van der Waals surface area contributed by atoms with E-state index < -0.39 is 0 Å². The zero-order valence-corrected chi connectivity index (χ0v) is 3.57. The minimum atomic E-state index is 0.185. The molecule has 1 aliphatic heterocycles. The molecule has 0 aromatic carbocycles. The number of hydrogen-bond donors (Lipinski definition) is 3. The number of nitrogens with two attached hydrogens (primary N) is 1. The van der Waals surface area contributed by atoms with Gasteiger partial charge >= 0.3 is 0 Å². The predicted octanol–water partition coefficient (Wildman–Crippen LogP) is -1.23. The second kappa shape index (κ2) is 1.55. The van der Waals surface area contributed by atoms with Gasteiger partial charge in [0.05, 0.1) is 6.17 Å². The Morgan fingerprint density at radius 1 is 1.67 bits per heavy atom. The normalized spacial score (nSPS) is 34.5. The number of hydrazine groups is 1. The lowest BCUT2D eigenvalue weighted by Crippen LogP contribution is -2.36. The second-order valence-corrected chi connectivity index (χ2v) is 1.47. The fraction of sp³-hybridized carbons (Fsp3) is 1.00. The molecule has 0 aromatic rings. The third-order valence-electron chi connectivity index (χ3n) is 0.868. The summed E-state index contributed by atoms with van der Waals surface area (Å²) in [6, 6.07) is 0. The molecule has 0 aromatic heterocycles. The monoisotopic (exact) mass is 87.1 g/mol. The topological polar surface area (TPSA) is 50.1 Å². The molecule has 36 valence electrons. The fourth-order valence-electron chi connectivity index (χ4n) is 0.503. The maximum atomic E-state index is 5.36. The van der Waals surface area contributed by atoms with Crippen LogP contribution < -0.4 is 16.6 Å². The maximum absolute atomic E-state index is 5.36. The smallest absolute Gasteiger partial charge is 0.0691 e. The molecule has 0 unspecified atom stereocenters. The van der Waals surface area contributed by atoms with Crippen molar-refractivity contribution in [1.29, 1.82) is 0 Å². The van der Waals surface area contributed by atoms with E-state index in [-0.39, 0.29) is 6.17 Å². The molecule has 0 radical (unpaired) electrons. The molecule has 3 nitrogen and oxygen atoms in total. The van der Waals surface area contributed by atoms with Crippen molar-refractivity contribution in [2.75, 3.05) is 6.54 Å². The molecular weight excluding hydrogens is 78.1 g/mol. The highest BCUT2D eigenvalue weighted by Crippen LogP contribution is 1.83. The van der Waals surface area contributed by atoms with Gasteiger partial charge in [0.2, 0.25) is 0 Å². The molecular formula is C3H9N3. The lowest BCUT2D eigenvalue weighted by molar-refractivity contribution is 0.573. The lowest BCUT2D eigenvalue weighted by atomic mass is 10.4. The molecule has 1 aliphatic rings. The van der Waals surface area contributed by atoms with E-state index in [9.17, 15) is 0 Å². The van der Waals surface area contributed by atoms with Crippen LogP contribution in [0.25, 0.3) is 0 Å². The molecule has 6 heavy (non-hydrogen) atoms. The van der Waals surface area contributed by atoms with Crippen molar-refractivity contribution in [3.8, 4) is 0 Å². The molecule has 0 aliphatic carbocycles. The Morgan fingerprint density at radius 3 is 2.67 bits per heavy atom. The summed E-state index contributed by atoms with van der Waals surface area (Å²) in [6.45, 7) is 1.00. The van der Waals surface area contributed by atoms with Crippen LogP contribution in [0.3, 0.4) is 0 Å². The van der Waals surface area contributed by atoms with E-state index in [1.807, 2.05) is 0 Å². The van der Waals surface area contributed by atoms with Crippen LogP contribution in [0.2, 0.25) is 0 Å². The Kier molecular flexibility index (Phi) is 1.05. The SMILES string of the molecule is N[C@@H]1CCNN1. The summed E-state index contributed by atoms with van der Waals surface area (Å²) in [7, 11) is 0. The quantitative estimate of drug-likeness (QED) is 0.347. The van der Waals surface area contributed by atoms with Crippen molar-refractivity contribution in [2.24, 2.45) is 5.73 Å². The highest BCUT2D eigenvalue weighted by molar-refractivity contribution is 4.62. The molecule has 1 fully saturated rings. The Morgan fingerprint density at radius 2 is 2.50 bits per heavy atom. The van der Waals surface area contributed by atoms with Gasteiger partial charge in [-0.2, -0.15) is 0 Å². The Balaban J connectivity index is 2.18. The Labute approximate surface area is 36.9 Å². The minimum Gasteiger partial charge on any atom is -0.315 e. The van der Waals surface area contributed by atoms with Gasteiger partial charge in [0, 0.05) is 6.54 Å². The maximum Gasteiger partial charge on any atom is 0.0691 e. The molecule has 1 saturated heterocycles. The summed E-state index contributed by atoms with van der Waals surface area (Å²) in [5.41, 5.74) is 11.1. The summed E-state index contributed by atoms with van der Waals surface area (Å²) in [4.78, 5) is 0. The van der Waals surface area contributed by atoms with Gasteiger partial charge in [-0.3, -0.25) is 5.43 Å². The van der Waals surface area contributed by atoms with Gasteiger partial charge in [-0.05, 0) is 6.42 Å². The van der Waals surface area contributed by atoms with Crippen LogP contribution in [0.1, 0.15) is 6.42 Å². The molecule has 1 heterocycles. The van der Waals surface area contributed by atoms with Gasteiger partial charge in [-0.15, -0.1) is 0 Å². The highest BCUT2D eigenvalue weighted by atomic mass is 15.4. The second-order valence-electron chi connectivity index (χ2n) is 1.47. The molecule has 3 heteroatoms. The van der Waals surface area contributed by atoms with Crippen molar-refractivity contribution in [3.63, 3.8) is 0 Å². The van der Waals surface area contributed by atoms with Crippen molar-refractivity contribution >= 4 is 0 Å².